The molecular formula is C52H28N6. The van der Waals surface area contributed by atoms with E-state index in [1.165, 1.54) is 0 Å². The Morgan fingerprint density at radius 2 is 0.569 bits per heavy atom. The molecule has 0 saturated carbocycles. The summed E-state index contributed by atoms with van der Waals surface area (Å²) in [7, 11) is 0. The van der Waals surface area contributed by atoms with Crippen LogP contribution in [0.15, 0.2) is 170 Å². The Kier molecular flexibility index (Phi) is 7.92. The number of benzene rings is 8. The number of fused-ring (bicyclic) bond motifs is 6. The van der Waals surface area contributed by atoms with Crippen molar-refractivity contribution in [2.45, 2.75) is 0 Å². The van der Waals surface area contributed by atoms with Crippen LogP contribution in [-0.4, -0.2) is 9.35 Å². The van der Waals surface area contributed by atoms with Crippen molar-refractivity contribution in [3.05, 3.63) is 204 Å². The fraction of sp³-hybridized carbons (Fsp3) is 0. The highest BCUT2D eigenvalue weighted by molar-refractivity contribution is 6.14. The Bertz CT molecular complexity index is 2980. The van der Waals surface area contributed by atoms with Gasteiger partial charge in [-0.1, -0.05) is 97.1 Å². The van der Waals surface area contributed by atoms with Crippen LogP contribution in [-0.2, 0) is 0 Å². The number of aromatic nitrogens is 2. The minimum atomic E-state index is 0.603. The van der Waals surface area contributed by atoms with Gasteiger partial charge in [-0.05, 0) is 117 Å². The van der Waals surface area contributed by atoms with Gasteiger partial charge in [0.1, 0.15) is 0 Å². The van der Waals surface area contributed by atoms with Gasteiger partial charge in [-0.2, -0.15) is 10.5 Å². The number of nitrogens with zero attached hydrogens (tertiary/aromatic N) is 6. The van der Waals surface area contributed by atoms with Gasteiger partial charge in [-0.25, -0.2) is 19.0 Å². The Hall–Kier alpha value is -8.68. The predicted octanol–water partition coefficient (Wildman–Crippen LogP) is 13.7. The molecule has 8 aromatic carbocycles. The van der Waals surface area contributed by atoms with Crippen molar-refractivity contribution >= 4 is 55.0 Å². The smallest absolute Gasteiger partial charge is 0.187 e. The van der Waals surface area contributed by atoms with Crippen molar-refractivity contribution in [3.8, 4) is 56.6 Å². The third kappa shape index (κ3) is 5.54. The van der Waals surface area contributed by atoms with Crippen molar-refractivity contribution in [1.29, 1.82) is 10.5 Å². The summed E-state index contributed by atoms with van der Waals surface area (Å²) in [4.78, 5) is 7.18. The first-order valence-electron chi connectivity index (χ1n) is 18.7. The Labute approximate surface area is 334 Å². The van der Waals surface area contributed by atoms with Crippen molar-refractivity contribution < 1.29 is 0 Å². The highest BCUT2D eigenvalue weighted by atomic mass is 15.5. The largest absolute Gasteiger partial charge is 0.248 e. The molecule has 0 N–H and O–H groups in total. The molecule has 0 amide bonds. The average molecular weight is 737 g/mol. The van der Waals surface area contributed by atoms with E-state index in [1.54, 1.807) is 0 Å². The molecule has 266 valence electrons. The van der Waals surface area contributed by atoms with Gasteiger partial charge < -0.3 is 0 Å². The summed E-state index contributed by atoms with van der Waals surface area (Å²) in [5.41, 5.74) is 14.9. The molecule has 0 unspecified atom stereocenters. The molecule has 0 aliphatic rings. The molecule has 10 rings (SSSR count). The van der Waals surface area contributed by atoms with Crippen LogP contribution in [0.2, 0.25) is 0 Å². The van der Waals surface area contributed by atoms with Gasteiger partial charge in [0.25, 0.3) is 0 Å². The maximum absolute atomic E-state index is 9.45. The third-order valence-corrected chi connectivity index (χ3v) is 11.0. The molecule has 0 aliphatic heterocycles. The summed E-state index contributed by atoms with van der Waals surface area (Å²) in [5, 5.41) is 23.2. The van der Waals surface area contributed by atoms with E-state index in [0.29, 0.717) is 22.5 Å². The molecule has 0 atom stereocenters. The van der Waals surface area contributed by atoms with Gasteiger partial charge >= 0.3 is 0 Å². The topological polar surface area (TPSA) is 66.2 Å². The van der Waals surface area contributed by atoms with Crippen LogP contribution in [0.1, 0.15) is 11.1 Å². The van der Waals surface area contributed by atoms with E-state index in [9.17, 15) is 10.5 Å². The van der Waals surface area contributed by atoms with Crippen molar-refractivity contribution in [1.82, 2.24) is 9.35 Å². The van der Waals surface area contributed by atoms with Crippen molar-refractivity contribution in [2.24, 2.45) is 0 Å². The van der Waals surface area contributed by atoms with Crippen LogP contribution >= 0.6 is 0 Å². The first kappa shape index (κ1) is 33.9. The quantitative estimate of drug-likeness (QED) is 0.165. The summed E-state index contributed by atoms with van der Waals surface area (Å²) in [5.74, 6) is 0. The fourth-order valence-corrected chi connectivity index (χ4v) is 8.09. The molecular weight excluding hydrogens is 709 g/mol. The zero-order valence-corrected chi connectivity index (χ0v) is 30.8. The predicted molar refractivity (Wildman–Crippen MR) is 233 cm³/mol. The number of hydrogen-bond donors (Lipinski definition) is 0. The van der Waals surface area contributed by atoms with Gasteiger partial charge in [-0.3, -0.25) is 0 Å². The molecule has 2 heterocycles. The van der Waals surface area contributed by atoms with E-state index in [1.807, 2.05) is 97.1 Å². The molecule has 0 saturated heterocycles. The van der Waals surface area contributed by atoms with E-state index in [4.69, 9.17) is 13.1 Å². The molecule has 0 aliphatic carbocycles. The minimum absolute atomic E-state index is 0.603. The molecule has 58 heavy (non-hydrogen) atoms. The molecule has 0 radical (unpaired) electrons. The second-order valence-corrected chi connectivity index (χ2v) is 14.2. The van der Waals surface area contributed by atoms with Gasteiger partial charge in [-0.15, -0.1) is 0 Å². The van der Waals surface area contributed by atoms with Crippen LogP contribution in [0.4, 0.5) is 11.4 Å². The lowest BCUT2D eigenvalue weighted by Crippen LogP contribution is -2.08. The summed E-state index contributed by atoms with van der Waals surface area (Å²) in [6, 6.07) is 61.6. The highest BCUT2D eigenvalue weighted by Crippen LogP contribution is 2.41. The molecule has 0 fully saturated rings. The third-order valence-electron chi connectivity index (χ3n) is 11.0. The maximum atomic E-state index is 9.45. The first-order valence-corrected chi connectivity index (χ1v) is 18.7. The fourth-order valence-electron chi connectivity index (χ4n) is 8.09. The number of rotatable bonds is 5. The molecule has 0 spiro atoms. The normalized spacial score (nSPS) is 11.0. The minimum Gasteiger partial charge on any atom is -0.248 e. The van der Waals surface area contributed by atoms with E-state index in [0.717, 1.165) is 88.1 Å². The van der Waals surface area contributed by atoms with E-state index in [2.05, 4.69) is 104 Å². The summed E-state index contributed by atoms with van der Waals surface area (Å²) >= 11 is 0. The zero-order valence-electron chi connectivity index (χ0n) is 30.8. The second kappa shape index (κ2) is 13.6. The highest BCUT2D eigenvalue weighted by Gasteiger charge is 2.20. The molecule has 0 bridgehead atoms. The van der Waals surface area contributed by atoms with E-state index in [-0.39, 0.29) is 0 Å². The Morgan fingerprint density at radius 1 is 0.328 bits per heavy atom. The Balaban J connectivity index is 1.26. The van der Waals surface area contributed by atoms with E-state index >= 15 is 0 Å². The zero-order chi connectivity index (χ0) is 39.3. The van der Waals surface area contributed by atoms with Gasteiger partial charge in [0, 0.05) is 21.5 Å². The maximum Gasteiger partial charge on any atom is 0.187 e. The monoisotopic (exact) mass is 736 g/mol. The SMILES string of the molecule is [C-]#[N+]c1ccc(-c2ccc3c(c2)c2cc(-c4ccc([N+]#[C-])cc4)ccc2n3-n2c3ccc(-c4ccc(C#N)cc4)cc3c3cc(-c4ccc(C#N)cc4)ccc32)cc1. The van der Waals surface area contributed by atoms with Crippen molar-refractivity contribution in [3.63, 3.8) is 0 Å². The van der Waals surface area contributed by atoms with Gasteiger partial charge in [0.2, 0.25) is 0 Å². The standard InChI is InChI=1S/C52H28N6/c1-55-43-19-11-37(12-20-43)41-17-25-51-47(29-41)48-30-42(38-13-21-44(56-2)22-14-38)18-26-52(48)58(51)57-49-23-15-39(35-7-3-33(31-53)4-8-35)27-45(49)46-28-40(16-24-50(46)57)36-9-5-34(32-54)6-10-36/h3-30H. The summed E-state index contributed by atoms with van der Waals surface area (Å²) in [6.07, 6.45) is 0. The van der Waals surface area contributed by atoms with Crippen LogP contribution < -0.4 is 0 Å². The lowest BCUT2D eigenvalue weighted by atomic mass is 9.99. The van der Waals surface area contributed by atoms with Gasteiger partial charge in [0.15, 0.2) is 11.4 Å². The molecule has 10 aromatic rings. The van der Waals surface area contributed by atoms with Crippen molar-refractivity contribution in [2.75, 3.05) is 0 Å². The van der Waals surface area contributed by atoms with Crippen LogP contribution in [0.3, 0.4) is 0 Å². The van der Waals surface area contributed by atoms with Crippen LogP contribution in [0.25, 0.3) is 97.8 Å². The van der Waals surface area contributed by atoms with Crippen LogP contribution in [0.5, 0.6) is 0 Å². The number of hydrogen-bond acceptors (Lipinski definition) is 2. The lowest BCUT2D eigenvalue weighted by Gasteiger charge is -2.14. The lowest BCUT2D eigenvalue weighted by molar-refractivity contribution is 0.775. The summed E-state index contributed by atoms with van der Waals surface area (Å²) in [6.45, 7) is 14.9. The first-order chi connectivity index (χ1) is 28.5. The molecule has 2 aromatic heterocycles. The summed E-state index contributed by atoms with van der Waals surface area (Å²) < 4.78 is 4.63. The average Bonchev–Trinajstić information content (AvgIpc) is 3.79. The second-order valence-electron chi connectivity index (χ2n) is 14.2. The molecule has 6 heteroatoms. The molecule has 6 nitrogen and oxygen atoms in total. The number of nitriles is 2. The van der Waals surface area contributed by atoms with Gasteiger partial charge in [0.05, 0.1) is 58.5 Å². The van der Waals surface area contributed by atoms with E-state index < -0.39 is 0 Å². The van der Waals surface area contributed by atoms with Crippen LogP contribution in [0, 0.1) is 35.8 Å². The Morgan fingerprint density at radius 3 is 0.810 bits per heavy atom.